The van der Waals surface area contributed by atoms with E-state index < -0.39 is 0 Å². The highest BCUT2D eigenvalue weighted by Gasteiger charge is 2.28. The number of aromatic nitrogens is 1. The predicted molar refractivity (Wildman–Crippen MR) is 82.9 cm³/mol. The van der Waals surface area contributed by atoms with Crippen molar-refractivity contribution in [2.45, 2.75) is 44.5 Å². The molecule has 2 heterocycles. The van der Waals surface area contributed by atoms with Gasteiger partial charge in [-0.2, -0.15) is 0 Å². The Morgan fingerprint density at radius 2 is 2.40 bits per heavy atom. The molecule has 0 saturated carbocycles. The number of amides is 1. The zero-order valence-corrected chi connectivity index (χ0v) is 13.4. The number of nitrogens with zero attached hydrogens (tertiary/aromatic N) is 2. The first-order chi connectivity index (χ1) is 9.60. The number of thiazole rings is 1. The first-order valence-corrected chi connectivity index (χ1v) is 8.54. The van der Waals surface area contributed by atoms with Crippen molar-refractivity contribution in [1.29, 1.82) is 0 Å². The van der Waals surface area contributed by atoms with Crippen molar-refractivity contribution in [3.8, 4) is 0 Å². The van der Waals surface area contributed by atoms with Gasteiger partial charge < -0.3 is 5.73 Å². The summed E-state index contributed by atoms with van der Waals surface area (Å²) in [5.74, 6) is 0.349. The van der Waals surface area contributed by atoms with Crippen LogP contribution in [0.15, 0.2) is 5.38 Å². The fourth-order valence-electron chi connectivity index (χ4n) is 2.68. The molecule has 6 heteroatoms. The number of piperidine rings is 1. The molecule has 2 atom stereocenters. The number of likely N-dealkylation sites (tertiary alicyclic amines) is 1. The van der Waals surface area contributed by atoms with Gasteiger partial charge in [-0.3, -0.25) is 9.69 Å². The maximum atomic E-state index is 11.3. The molecule has 1 aromatic rings. The van der Waals surface area contributed by atoms with Gasteiger partial charge in [-0.1, -0.05) is 0 Å². The lowest BCUT2D eigenvalue weighted by Gasteiger charge is -2.36. The second-order valence-corrected chi connectivity index (χ2v) is 6.70. The lowest BCUT2D eigenvalue weighted by atomic mass is 9.93. The Bertz CT molecular complexity index is 451. The highest BCUT2D eigenvalue weighted by atomic mass is 35.5. The van der Waals surface area contributed by atoms with Gasteiger partial charge in [0.2, 0.25) is 5.91 Å². The van der Waals surface area contributed by atoms with Gasteiger partial charge in [0.15, 0.2) is 0 Å². The third kappa shape index (κ3) is 4.17. The molecule has 1 saturated heterocycles. The Labute approximate surface area is 129 Å². The molecule has 112 valence electrons. The van der Waals surface area contributed by atoms with E-state index in [1.54, 1.807) is 11.3 Å². The van der Waals surface area contributed by atoms with Crippen molar-refractivity contribution < 1.29 is 4.79 Å². The Kier molecular flexibility index (Phi) is 5.81. The Balaban J connectivity index is 1.78. The molecule has 0 bridgehead atoms. The van der Waals surface area contributed by atoms with E-state index in [-0.39, 0.29) is 11.8 Å². The van der Waals surface area contributed by atoms with Crippen LogP contribution in [-0.4, -0.2) is 34.9 Å². The molecule has 1 fully saturated rings. The van der Waals surface area contributed by atoms with Crippen LogP contribution >= 0.6 is 22.9 Å². The number of hydrogen-bond acceptors (Lipinski definition) is 4. The number of carbonyl (C=O) groups is 1. The number of hydrogen-bond donors (Lipinski definition) is 1. The number of rotatable bonds is 6. The number of nitrogens with two attached hydrogens (primary N) is 1. The molecule has 0 aliphatic carbocycles. The highest BCUT2D eigenvalue weighted by molar-refractivity contribution is 7.09. The van der Waals surface area contributed by atoms with E-state index in [9.17, 15) is 4.79 Å². The van der Waals surface area contributed by atoms with Gasteiger partial charge in [0.25, 0.3) is 0 Å². The SMILES string of the molecule is CC1CCC(C(N)=O)CN1CCCc1nc(CCl)cs1. The molecule has 1 aliphatic heterocycles. The summed E-state index contributed by atoms with van der Waals surface area (Å²) in [4.78, 5) is 18.2. The molecule has 2 rings (SSSR count). The molecule has 20 heavy (non-hydrogen) atoms. The first-order valence-electron chi connectivity index (χ1n) is 7.12. The minimum absolute atomic E-state index is 0.0221. The zero-order valence-electron chi connectivity index (χ0n) is 11.8. The van der Waals surface area contributed by atoms with Gasteiger partial charge in [0.05, 0.1) is 22.5 Å². The Morgan fingerprint density at radius 3 is 3.05 bits per heavy atom. The van der Waals surface area contributed by atoms with Gasteiger partial charge >= 0.3 is 0 Å². The molecular formula is C14H22ClN3OS. The molecule has 4 nitrogen and oxygen atoms in total. The fraction of sp³-hybridized carbons (Fsp3) is 0.714. The summed E-state index contributed by atoms with van der Waals surface area (Å²) in [6.07, 6.45) is 4.02. The number of primary amides is 1. The van der Waals surface area contributed by atoms with Gasteiger partial charge in [-0.25, -0.2) is 4.98 Å². The third-order valence-corrected chi connectivity index (χ3v) is 5.22. The maximum absolute atomic E-state index is 11.3. The second-order valence-electron chi connectivity index (χ2n) is 5.49. The summed E-state index contributed by atoms with van der Waals surface area (Å²) in [5, 5.41) is 3.17. The van der Waals surface area contributed by atoms with Crippen LogP contribution in [0.5, 0.6) is 0 Å². The quantitative estimate of drug-likeness (QED) is 0.820. The first kappa shape index (κ1) is 15.7. The van der Waals surface area contributed by atoms with Crippen LogP contribution in [0.3, 0.4) is 0 Å². The monoisotopic (exact) mass is 315 g/mol. The molecule has 1 aromatic heterocycles. The largest absolute Gasteiger partial charge is 0.369 e. The summed E-state index contributed by atoms with van der Waals surface area (Å²) < 4.78 is 0. The molecule has 2 N–H and O–H groups in total. The fourth-order valence-corrected chi connectivity index (χ4v) is 3.75. The Morgan fingerprint density at radius 1 is 1.60 bits per heavy atom. The van der Waals surface area contributed by atoms with Crippen molar-refractivity contribution in [3.05, 3.63) is 16.1 Å². The van der Waals surface area contributed by atoms with Crippen LogP contribution in [0.2, 0.25) is 0 Å². The van der Waals surface area contributed by atoms with Crippen molar-refractivity contribution in [3.63, 3.8) is 0 Å². The molecule has 0 aromatic carbocycles. The van der Waals surface area contributed by atoms with Gasteiger partial charge in [-0.05, 0) is 32.7 Å². The van der Waals surface area contributed by atoms with E-state index in [0.717, 1.165) is 49.5 Å². The van der Waals surface area contributed by atoms with E-state index in [1.807, 2.05) is 5.38 Å². The standard InChI is InChI=1S/C14H22ClN3OS/c1-10-4-5-11(14(16)19)8-18(10)6-2-3-13-17-12(7-15)9-20-13/h9-11H,2-8H2,1H3,(H2,16,19). The van der Waals surface area contributed by atoms with E-state index in [1.165, 1.54) is 0 Å². The maximum Gasteiger partial charge on any atom is 0.221 e. The number of alkyl halides is 1. The van der Waals surface area contributed by atoms with Crippen molar-refractivity contribution in [1.82, 2.24) is 9.88 Å². The average molecular weight is 316 g/mol. The summed E-state index contributed by atoms with van der Waals surface area (Å²) in [7, 11) is 0. The van der Waals surface area contributed by atoms with Crippen LogP contribution < -0.4 is 5.73 Å². The normalized spacial score (nSPS) is 23.9. The lowest BCUT2D eigenvalue weighted by molar-refractivity contribution is -0.123. The molecule has 1 amide bonds. The van der Waals surface area contributed by atoms with Crippen LogP contribution in [0.4, 0.5) is 0 Å². The van der Waals surface area contributed by atoms with Crippen molar-refractivity contribution in [2.24, 2.45) is 11.7 Å². The van der Waals surface area contributed by atoms with Crippen molar-refractivity contribution in [2.75, 3.05) is 13.1 Å². The van der Waals surface area contributed by atoms with Crippen LogP contribution in [0.1, 0.15) is 36.9 Å². The highest BCUT2D eigenvalue weighted by Crippen LogP contribution is 2.22. The lowest BCUT2D eigenvalue weighted by Crippen LogP contribution is -2.46. The van der Waals surface area contributed by atoms with E-state index in [0.29, 0.717) is 11.9 Å². The topological polar surface area (TPSA) is 59.2 Å². The van der Waals surface area contributed by atoms with Crippen LogP contribution in [0, 0.1) is 5.92 Å². The van der Waals surface area contributed by atoms with E-state index >= 15 is 0 Å². The zero-order chi connectivity index (χ0) is 14.5. The summed E-state index contributed by atoms with van der Waals surface area (Å²) in [6, 6.07) is 0.542. The molecule has 0 spiro atoms. The number of carbonyl (C=O) groups excluding carboxylic acids is 1. The average Bonchev–Trinajstić information content (AvgIpc) is 2.88. The van der Waals surface area contributed by atoms with E-state index in [2.05, 4.69) is 16.8 Å². The molecule has 2 unspecified atom stereocenters. The van der Waals surface area contributed by atoms with Gasteiger partial charge in [-0.15, -0.1) is 22.9 Å². The molecular weight excluding hydrogens is 294 g/mol. The van der Waals surface area contributed by atoms with Crippen LogP contribution in [0.25, 0.3) is 0 Å². The Hall–Kier alpha value is -0.650. The summed E-state index contributed by atoms with van der Waals surface area (Å²) >= 11 is 7.43. The predicted octanol–water partition coefficient (Wildman–Crippen LogP) is 2.40. The number of halogens is 1. The number of aryl methyl sites for hydroxylation is 1. The van der Waals surface area contributed by atoms with Gasteiger partial charge in [0, 0.05) is 24.4 Å². The minimum Gasteiger partial charge on any atom is -0.369 e. The minimum atomic E-state index is -0.159. The second kappa shape index (κ2) is 7.38. The molecule has 0 radical (unpaired) electrons. The third-order valence-electron chi connectivity index (χ3n) is 3.99. The smallest absolute Gasteiger partial charge is 0.221 e. The van der Waals surface area contributed by atoms with E-state index in [4.69, 9.17) is 17.3 Å². The summed E-state index contributed by atoms with van der Waals surface area (Å²) in [5.41, 5.74) is 6.39. The van der Waals surface area contributed by atoms with Crippen molar-refractivity contribution >= 4 is 28.8 Å². The van der Waals surface area contributed by atoms with Gasteiger partial charge in [0.1, 0.15) is 0 Å². The van der Waals surface area contributed by atoms with Crippen LogP contribution in [-0.2, 0) is 17.1 Å². The molecule has 1 aliphatic rings. The summed E-state index contributed by atoms with van der Waals surface area (Å²) in [6.45, 7) is 4.04.